The second-order valence-electron chi connectivity index (χ2n) is 8.20. The molecule has 1 saturated carbocycles. The van der Waals surface area contributed by atoms with Crippen molar-refractivity contribution in [2.45, 2.75) is 78.5 Å². The van der Waals surface area contributed by atoms with Gasteiger partial charge in [-0.05, 0) is 70.2 Å². The number of amides is 1. The van der Waals surface area contributed by atoms with Crippen molar-refractivity contribution in [2.75, 3.05) is 0 Å². The Bertz CT molecular complexity index is 661. The van der Waals surface area contributed by atoms with Crippen molar-refractivity contribution in [1.82, 2.24) is 4.90 Å². The maximum absolute atomic E-state index is 12.5. The number of aliphatic hydroxyl groups is 1. The van der Waals surface area contributed by atoms with E-state index in [0.717, 1.165) is 41.3 Å². The third kappa shape index (κ3) is 5.14. The lowest BCUT2D eigenvalue weighted by Crippen LogP contribution is -2.42. The van der Waals surface area contributed by atoms with Crippen LogP contribution < -0.4 is 0 Å². The van der Waals surface area contributed by atoms with Gasteiger partial charge in [0.25, 0.3) is 0 Å². The smallest absolute Gasteiger partial charge is 0.415 e. The molecular formula is C22H32BrNO3. The van der Waals surface area contributed by atoms with Crippen LogP contribution in [0.2, 0.25) is 0 Å². The van der Waals surface area contributed by atoms with E-state index in [1.807, 2.05) is 52.0 Å². The Labute approximate surface area is 171 Å². The highest BCUT2D eigenvalue weighted by atomic mass is 79.9. The van der Waals surface area contributed by atoms with E-state index < -0.39 is 11.5 Å². The average Bonchev–Trinajstić information content (AvgIpc) is 2.60. The first-order valence-corrected chi connectivity index (χ1v) is 10.6. The number of hydrogen-bond acceptors (Lipinski definition) is 3. The topological polar surface area (TPSA) is 49.8 Å². The number of hydrogen-bond donors (Lipinski definition) is 1. The largest absolute Gasteiger partial charge is 0.418 e. The number of benzene rings is 1. The molecule has 150 valence electrons. The summed E-state index contributed by atoms with van der Waals surface area (Å²) in [6.45, 7) is 10.0. The molecule has 1 aromatic carbocycles. The number of halogens is 1. The summed E-state index contributed by atoms with van der Waals surface area (Å²) < 4.78 is 6.56. The Morgan fingerprint density at radius 3 is 2.33 bits per heavy atom. The average molecular weight is 438 g/mol. The Morgan fingerprint density at radius 1 is 1.19 bits per heavy atom. The summed E-state index contributed by atoms with van der Waals surface area (Å²) in [6, 6.07) is 7.91. The molecule has 1 aliphatic rings. The molecule has 0 bridgehead atoms. The van der Waals surface area contributed by atoms with Crippen molar-refractivity contribution in [3.05, 3.63) is 46.1 Å². The van der Waals surface area contributed by atoms with Crippen LogP contribution in [0.15, 0.2) is 40.6 Å². The van der Waals surface area contributed by atoms with Crippen LogP contribution in [0.3, 0.4) is 0 Å². The molecule has 0 heterocycles. The van der Waals surface area contributed by atoms with Crippen molar-refractivity contribution >= 4 is 22.0 Å². The predicted octanol–water partition coefficient (Wildman–Crippen LogP) is 6.20. The summed E-state index contributed by atoms with van der Waals surface area (Å²) in [5.41, 5.74) is 1.45. The van der Waals surface area contributed by atoms with Gasteiger partial charge in [-0.2, -0.15) is 0 Å². The van der Waals surface area contributed by atoms with Gasteiger partial charge < -0.3 is 14.7 Å². The van der Waals surface area contributed by atoms with Crippen molar-refractivity contribution < 1.29 is 14.6 Å². The number of rotatable bonds is 5. The molecule has 2 atom stereocenters. The van der Waals surface area contributed by atoms with E-state index in [1.165, 1.54) is 0 Å². The van der Waals surface area contributed by atoms with E-state index in [4.69, 9.17) is 4.74 Å². The Kier molecular flexibility index (Phi) is 7.52. The molecule has 0 saturated heterocycles. The standard InChI is InChI=1S/C22H32BrNO3/c1-15(2)24(16(3)4)21(26)27-14-18-8-6-7-13-22(18,5)20(25)17-9-11-19(23)12-10-17/h9-12,14-16,20,25H,6-8,13H2,1-5H3/b18-14-/t20-,22+/m1/s1. The van der Waals surface area contributed by atoms with Crippen molar-refractivity contribution in [3.8, 4) is 0 Å². The van der Waals surface area contributed by atoms with Gasteiger partial charge in [-0.1, -0.05) is 41.4 Å². The van der Waals surface area contributed by atoms with E-state index in [0.29, 0.717) is 0 Å². The minimum absolute atomic E-state index is 0.0713. The molecule has 2 rings (SSSR count). The minimum atomic E-state index is -0.637. The maximum Gasteiger partial charge on any atom is 0.415 e. The summed E-state index contributed by atoms with van der Waals surface area (Å²) >= 11 is 3.44. The molecule has 1 fully saturated rings. The number of aliphatic hydroxyl groups excluding tert-OH is 1. The molecule has 1 N–H and O–H groups in total. The molecule has 0 radical (unpaired) electrons. The molecule has 0 aromatic heterocycles. The zero-order chi connectivity index (χ0) is 20.2. The first kappa shape index (κ1) is 22.0. The Morgan fingerprint density at radius 2 is 1.78 bits per heavy atom. The van der Waals surface area contributed by atoms with E-state index in [9.17, 15) is 9.90 Å². The van der Waals surface area contributed by atoms with E-state index >= 15 is 0 Å². The minimum Gasteiger partial charge on any atom is -0.418 e. The van der Waals surface area contributed by atoms with Crippen LogP contribution in [-0.4, -0.2) is 28.2 Å². The Hall–Kier alpha value is -1.33. The summed E-state index contributed by atoms with van der Waals surface area (Å²) in [5, 5.41) is 11.1. The first-order valence-electron chi connectivity index (χ1n) is 9.79. The van der Waals surface area contributed by atoms with Crippen molar-refractivity contribution in [2.24, 2.45) is 5.41 Å². The number of nitrogens with zero attached hydrogens (tertiary/aromatic N) is 1. The quantitative estimate of drug-likeness (QED) is 0.557. The molecule has 1 amide bonds. The van der Waals surface area contributed by atoms with Crippen LogP contribution in [0.1, 0.15) is 72.0 Å². The molecule has 5 heteroatoms. The van der Waals surface area contributed by atoms with Gasteiger partial charge in [0.05, 0.1) is 12.4 Å². The highest BCUT2D eigenvalue weighted by Crippen LogP contribution is 2.49. The Balaban J connectivity index is 2.23. The van der Waals surface area contributed by atoms with Crippen LogP contribution in [0.5, 0.6) is 0 Å². The fourth-order valence-corrected chi connectivity index (χ4v) is 4.24. The van der Waals surface area contributed by atoms with Gasteiger partial charge >= 0.3 is 6.09 Å². The van der Waals surface area contributed by atoms with Gasteiger partial charge in [0.1, 0.15) is 0 Å². The van der Waals surface area contributed by atoms with Crippen molar-refractivity contribution in [3.63, 3.8) is 0 Å². The molecule has 27 heavy (non-hydrogen) atoms. The van der Waals surface area contributed by atoms with Crippen LogP contribution >= 0.6 is 15.9 Å². The lowest BCUT2D eigenvalue weighted by molar-refractivity contribution is 0.0402. The van der Waals surface area contributed by atoms with Gasteiger partial charge in [-0.15, -0.1) is 0 Å². The van der Waals surface area contributed by atoms with Crippen LogP contribution in [0, 0.1) is 5.41 Å². The van der Waals surface area contributed by atoms with Crippen LogP contribution in [0.25, 0.3) is 0 Å². The summed E-state index contributed by atoms with van der Waals surface area (Å²) in [7, 11) is 0. The van der Waals surface area contributed by atoms with E-state index in [1.54, 1.807) is 11.2 Å². The molecule has 0 unspecified atom stereocenters. The SMILES string of the molecule is CC(C)N(C(=O)O/C=C1/CCCC[C@]1(C)[C@H](O)c1ccc(Br)cc1)C(C)C. The molecule has 0 aliphatic heterocycles. The molecule has 4 nitrogen and oxygen atoms in total. The lowest BCUT2D eigenvalue weighted by atomic mass is 9.67. The van der Waals surface area contributed by atoms with Crippen LogP contribution in [-0.2, 0) is 4.74 Å². The van der Waals surface area contributed by atoms with Gasteiger partial charge in [-0.25, -0.2) is 4.79 Å². The fourth-order valence-electron chi connectivity index (χ4n) is 3.97. The number of carbonyl (C=O) groups excluding carboxylic acids is 1. The van der Waals surface area contributed by atoms with Crippen LogP contribution in [0.4, 0.5) is 4.79 Å². The first-order chi connectivity index (χ1) is 12.7. The molecule has 1 aromatic rings. The predicted molar refractivity (Wildman–Crippen MR) is 112 cm³/mol. The maximum atomic E-state index is 12.5. The lowest BCUT2D eigenvalue weighted by Gasteiger charge is -2.40. The normalized spacial score (nSPS) is 22.9. The third-order valence-corrected chi connectivity index (χ3v) is 6.07. The second kappa shape index (κ2) is 9.24. The van der Waals surface area contributed by atoms with Gasteiger partial charge in [0, 0.05) is 22.0 Å². The van der Waals surface area contributed by atoms with Gasteiger partial charge in [-0.3, -0.25) is 0 Å². The van der Waals surface area contributed by atoms with E-state index in [2.05, 4.69) is 22.9 Å². The molecular weight excluding hydrogens is 406 g/mol. The fraction of sp³-hybridized carbons (Fsp3) is 0.591. The highest BCUT2D eigenvalue weighted by molar-refractivity contribution is 9.10. The molecule has 0 spiro atoms. The van der Waals surface area contributed by atoms with Crippen molar-refractivity contribution in [1.29, 1.82) is 0 Å². The monoisotopic (exact) mass is 437 g/mol. The van der Waals surface area contributed by atoms with Gasteiger partial charge in [0.2, 0.25) is 0 Å². The summed E-state index contributed by atoms with van der Waals surface area (Å²) in [4.78, 5) is 14.3. The number of ether oxygens (including phenoxy) is 1. The third-order valence-electron chi connectivity index (χ3n) is 5.54. The van der Waals surface area contributed by atoms with E-state index in [-0.39, 0.29) is 18.2 Å². The molecule has 1 aliphatic carbocycles. The number of carbonyl (C=O) groups is 1. The summed E-state index contributed by atoms with van der Waals surface area (Å²) in [5.74, 6) is 0. The summed E-state index contributed by atoms with van der Waals surface area (Å²) in [6.07, 6.45) is 4.43. The zero-order valence-electron chi connectivity index (χ0n) is 17.0. The van der Waals surface area contributed by atoms with Gasteiger partial charge in [0.15, 0.2) is 0 Å². The zero-order valence-corrected chi connectivity index (χ0v) is 18.6. The second-order valence-corrected chi connectivity index (χ2v) is 9.12. The highest BCUT2D eigenvalue weighted by Gasteiger charge is 2.39.